The lowest BCUT2D eigenvalue weighted by Gasteiger charge is -2.32. The molecule has 3 atom stereocenters. The summed E-state index contributed by atoms with van der Waals surface area (Å²) < 4.78 is 5.48. The summed E-state index contributed by atoms with van der Waals surface area (Å²) in [5.74, 6) is 0. The van der Waals surface area contributed by atoms with Gasteiger partial charge in [0.05, 0.1) is 12.7 Å². The molecule has 1 unspecified atom stereocenters. The number of nitrogens with zero attached hydrogens (tertiary/aromatic N) is 1. The van der Waals surface area contributed by atoms with Crippen LogP contribution < -0.4 is 5.32 Å². The van der Waals surface area contributed by atoms with Crippen LogP contribution in [-0.2, 0) is 4.74 Å². The van der Waals surface area contributed by atoms with Crippen molar-refractivity contribution in [3.05, 3.63) is 0 Å². The molecule has 0 bridgehead atoms. The largest absolute Gasteiger partial charge is 0.392 e. The molecule has 2 rings (SSSR count). The van der Waals surface area contributed by atoms with E-state index in [1.807, 2.05) is 0 Å². The van der Waals surface area contributed by atoms with Crippen molar-refractivity contribution < 1.29 is 9.84 Å². The van der Waals surface area contributed by atoms with Gasteiger partial charge in [0.2, 0.25) is 0 Å². The smallest absolute Gasteiger partial charge is 0.0680 e. The molecule has 0 spiro atoms. The van der Waals surface area contributed by atoms with Crippen molar-refractivity contribution in [2.24, 2.45) is 0 Å². The molecule has 0 aromatic rings. The maximum Gasteiger partial charge on any atom is 0.0680 e. The van der Waals surface area contributed by atoms with Crippen LogP contribution in [0.25, 0.3) is 0 Å². The van der Waals surface area contributed by atoms with Gasteiger partial charge in [-0.15, -0.1) is 0 Å². The molecule has 4 heteroatoms. The fourth-order valence-electron chi connectivity index (χ4n) is 2.50. The van der Waals surface area contributed by atoms with Crippen molar-refractivity contribution in [3.8, 4) is 0 Å². The van der Waals surface area contributed by atoms with Gasteiger partial charge in [-0.25, -0.2) is 0 Å². The van der Waals surface area contributed by atoms with E-state index >= 15 is 0 Å². The zero-order valence-electron chi connectivity index (χ0n) is 9.48. The minimum atomic E-state index is -0.147. The quantitative estimate of drug-likeness (QED) is 0.684. The van der Waals surface area contributed by atoms with Gasteiger partial charge in [0, 0.05) is 31.8 Å². The third-order valence-electron chi connectivity index (χ3n) is 3.47. The topological polar surface area (TPSA) is 44.7 Å². The van der Waals surface area contributed by atoms with Crippen LogP contribution in [0, 0.1) is 0 Å². The van der Waals surface area contributed by atoms with Crippen LogP contribution >= 0.6 is 0 Å². The van der Waals surface area contributed by atoms with E-state index < -0.39 is 0 Å². The first-order valence-electron chi connectivity index (χ1n) is 5.95. The van der Waals surface area contributed by atoms with E-state index in [1.165, 1.54) is 12.8 Å². The summed E-state index contributed by atoms with van der Waals surface area (Å²) in [7, 11) is 2.16. The normalized spacial score (nSPS) is 37.4. The maximum absolute atomic E-state index is 9.42. The summed E-state index contributed by atoms with van der Waals surface area (Å²) in [6, 6.07) is 1.02. The fraction of sp³-hybridized carbons (Fsp3) is 1.00. The van der Waals surface area contributed by atoms with Gasteiger partial charge in [0.1, 0.15) is 0 Å². The zero-order valence-corrected chi connectivity index (χ0v) is 9.48. The minimum absolute atomic E-state index is 0.147. The number of aliphatic hydroxyl groups excluding tert-OH is 1. The molecule has 2 N–H and O–H groups in total. The average molecular weight is 214 g/mol. The number of rotatable bonds is 3. The van der Waals surface area contributed by atoms with E-state index in [1.54, 1.807) is 0 Å². The molecular formula is C11H22N2O2. The Balaban J connectivity index is 1.73. The lowest BCUT2D eigenvalue weighted by Crippen LogP contribution is -2.44. The first kappa shape index (κ1) is 11.3. The van der Waals surface area contributed by atoms with E-state index in [2.05, 4.69) is 17.3 Å². The minimum Gasteiger partial charge on any atom is -0.392 e. The van der Waals surface area contributed by atoms with E-state index in [0.717, 1.165) is 32.7 Å². The molecule has 2 aliphatic rings. The van der Waals surface area contributed by atoms with Crippen LogP contribution in [0.4, 0.5) is 0 Å². The molecule has 0 radical (unpaired) electrons. The lowest BCUT2D eigenvalue weighted by molar-refractivity contribution is 0.0249. The van der Waals surface area contributed by atoms with Gasteiger partial charge >= 0.3 is 0 Å². The molecule has 2 saturated heterocycles. The first-order valence-corrected chi connectivity index (χ1v) is 5.95. The van der Waals surface area contributed by atoms with Gasteiger partial charge in [-0.2, -0.15) is 0 Å². The first-order chi connectivity index (χ1) is 7.25. The summed E-state index contributed by atoms with van der Waals surface area (Å²) >= 11 is 0. The van der Waals surface area contributed by atoms with Gasteiger partial charge in [-0.1, -0.05) is 0 Å². The van der Waals surface area contributed by atoms with Crippen molar-refractivity contribution in [2.45, 2.75) is 37.5 Å². The number of hydrogen-bond donors (Lipinski definition) is 2. The number of likely N-dealkylation sites (N-methyl/N-ethyl adjacent to an activating group) is 1. The highest BCUT2D eigenvalue weighted by Crippen LogP contribution is 2.14. The number of hydrogen-bond acceptors (Lipinski definition) is 4. The maximum atomic E-state index is 9.42. The van der Waals surface area contributed by atoms with Crippen LogP contribution in [0.1, 0.15) is 19.3 Å². The molecule has 0 aromatic heterocycles. The second-order valence-electron chi connectivity index (χ2n) is 4.81. The number of nitrogens with one attached hydrogen (secondary N) is 1. The molecule has 0 saturated carbocycles. The average Bonchev–Trinajstić information content (AvgIpc) is 2.65. The van der Waals surface area contributed by atoms with Crippen LogP contribution in [0.3, 0.4) is 0 Å². The van der Waals surface area contributed by atoms with Crippen LogP contribution in [-0.4, -0.2) is 61.5 Å². The van der Waals surface area contributed by atoms with Crippen LogP contribution in [0.2, 0.25) is 0 Å². The predicted molar refractivity (Wildman–Crippen MR) is 58.9 cm³/mol. The number of β-amino-alcohol motifs (C(OH)–C–C–N with tert-alkyl or cyclic N) is 1. The Hall–Kier alpha value is -0.160. The summed E-state index contributed by atoms with van der Waals surface area (Å²) in [6.45, 7) is 3.56. The monoisotopic (exact) mass is 214 g/mol. The van der Waals surface area contributed by atoms with Gasteiger partial charge in [0.25, 0.3) is 0 Å². The second-order valence-corrected chi connectivity index (χ2v) is 4.81. The standard InChI is InChI=1S/C11H22N2O2/c1-13(10-3-2-4-15-8-10)7-9-5-11(14)6-12-9/h9-12,14H,2-8H2,1H3/t9-,10?,11+/m0/s1. The van der Waals surface area contributed by atoms with Crippen molar-refractivity contribution in [2.75, 3.05) is 33.4 Å². The Labute approximate surface area is 91.6 Å². The van der Waals surface area contributed by atoms with Gasteiger partial charge in [-0.3, -0.25) is 4.90 Å². The Bertz CT molecular complexity index is 195. The van der Waals surface area contributed by atoms with Gasteiger partial charge in [0.15, 0.2) is 0 Å². The third-order valence-corrected chi connectivity index (χ3v) is 3.47. The Morgan fingerprint density at radius 1 is 1.53 bits per heavy atom. The molecule has 0 aliphatic carbocycles. The van der Waals surface area contributed by atoms with Crippen molar-refractivity contribution in [1.29, 1.82) is 0 Å². The fourth-order valence-corrected chi connectivity index (χ4v) is 2.50. The van der Waals surface area contributed by atoms with E-state index in [-0.39, 0.29) is 6.10 Å². The highest BCUT2D eigenvalue weighted by atomic mass is 16.5. The lowest BCUT2D eigenvalue weighted by atomic mass is 10.1. The molecular weight excluding hydrogens is 192 g/mol. The molecule has 15 heavy (non-hydrogen) atoms. The molecule has 0 aromatic carbocycles. The van der Waals surface area contributed by atoms with Crippen molar-refractivity contribution in [3.63, 3.8) is 0 Å². The molecule has 4 nitrogen and oxygen atoms in total. The number of aliphatic hydroxyl groups is 1. The molecule has 0 amide bonds. The van der Waals surface area contributed by atoms with Crippen LogP contribution in [0.15, 0.2) is 0 Å². The molecule has 2 heterocycles. The zero-order chi connectivity index (χ0) is 10.7. The summed E-state index contributed by atoms with van der Waals surface area (Å²) in [5, 5.41) is 12.8. The Morgan fingerprint density at radius 3 is 3.00 bits per heavy atom. The van der Waals surface area contributed by atoms with Gasteiger partial charge < -0.3 is 15.2 Å². The second kappa shape index (κ2) is 5.25. The van der Waals surface area contributed by atoms with E-state index in [4.69, 9.17) is 4.74 Å². The molecule has 2 aliphatic heterocycles. The molecule has 88 valence electrons. The van der Waals surface area contributed by atoms with Gasteiger partial charge in [-0.05, 0) is 26.3 Å². The summed E-state index contributed by atoms with van der Waals surface area (Å²) in [5.41, 5.74) is 0. The Kier molecular flexibility index (Phi) is 3.97. The predicted octanol–water partition coefficient (Wildman–Crippen LogP) is -0.180. The third kappa shape index (κ3) is 3.14. The van der Waals surface area contributed by atoms with E-state index in [0.29, 0.717) is 12.1 Å². The van der Waals surface area contributed by atoms with Crippen LogP contribution in [0.5, 0.6) is 0 Å². The summed E-state index contributed by atoms with van der Waals surface area (Å²) in [4.78, 5) is 2.37. The summed E-state index contributed by atoms with van der Waals surface area (Å²) in [6.07, 6.45) is 3.16. The van der Waals surface area contributed by atoms with Crippen molar-refractivity contribution >= 4 is 0 Å². The Morgan fingerprint density at radius 2 is 2.40 bits per heavy atom. The van der Waals surface area contributed by atoms with E-state index in [9.17, 15) is 5.11 Å². The highest BCUT2D eigenvalue weighted by Gasteiger charge is 2.26. The van der Waals surface area contributed by atoms with Crippen molar-refractivity contribution in [1.82, 2.24) is 10.2 Å². The SMILES string of the molecule is CN(C[C@@H]1C[C@@H](O)CN1)C1CCCOC1. The number of ether oxygens (including phenoxy) is 1. The molecule has 2 fully saturated rings. The highest BCUT2D eigenvalue weighted by molar-refractivity contribution is 4.85.